The smallest absolute Gasteiger partial charge is 0.275 e. The fraction of sp³-hybridized carbons (Fsp3) is 0.158. The lowest BCUT2D eigenvalue weighted by Crippen LogP contribution is -2.30. The van der Waals surface area contributed by atoms with Gasteiger partial charge in [0.25, 0.3) is 5.91 Å². The number of imidazole rings is 1. The summed E-state index contributed by atoms with van der Waals surface area (Å²) in [5.41, 5.74) is 1.37. The molecule has 0 saturated carbocycles. The van der Waals surface area contributed by atoms with E-state index in [-0.39, 0.29) is 5.91 Å². The van der Waals surface area contributed by atoms with Crippen molar-refractivity contribution in [3.8, 4) is 0 Å². The zero-order valence-electron chi connectivity index (χ0n) is 14.2. The standard InChI is InChI=1S/C19H17N3OS3/c1-24-19-20-17(16-8-2-3-9-22(16)19)18(23)21(12-14-6-4-10-25-14)13-15-7-5-11-26-15/h2-11H,12-13H2,1H3. The van der Waals surface area contributed by atoms with Gasteiger partial charge < -0.3 is 4.90 Å². The third-order valence-corrected chi connectivity index (χ3v) is 6.42. The van der Waals surface area contributed by atoms with Crippen molar-refractivity contribution in [1.29, 1.82) is 0 Å². The Labute approximate surface area is 164 Å². The maximum atomic E-state index is 13.4. The lowest BCUT2D eigenvalue weighted by atomic mass is 10.2. The largest absolute Gasteiger partial charge is 0.327 e. The van der Waals surface area contributed by atoms with E-state index in [1.165, 1.54) is 9.75 Å². The molecule has 0 radical (unpaired) electrons. The number of hydrogen-bond donors (Lipinski definition) is 0. The molecule has 132 valence electrons. The van der Waals surface area contributed by atoms with Gasteiger partial charge in [-0.15, -0.1) is 22.7 Å². The highest BCUT2D eigenvalue weighted by Gasteiger charge is 2.23. The Balaban J connectivity index is 1.72. The second-order valence-electron chi connectivity index (χ2n) is 5.72. The van der Waals surface area contributed by atoms with Crippen molar-refractivity contribution in [2.45, 2.75) is 18.2 Å². The van der Waals surface area contributed by atoms with Crippen LogP contribution in [0.5, 0.6) is 0 Å². The molecule has 0 atom stereocenters. The van der Waals surface area contributed by atoms with E-state index in [0.29, 0.717) is 18.8 Å². The lowest BCUT2D eigenvalue weighted by Gasteiger charge is -2.20. The number of rotatable bonds is 6. The topological polar surface area (TPSA) is 37.6 Å². The molecule has 7 heteroatoms. The van der Waals surface area contributed by atoms with Gasteiger partial charge in [0.05, 0.1) is 18.6 Å². The summed E-state index contributed by atoms with van der Waals surface area (Å²) < 4.78 is 1.98. The van der Waals surface area contributed by atoms with Crippen molar-refractivity contribution >= 4 is 45.9 Å². The molecule has 0 spiro atoms. The highest BCUT2D eigenvalue weighted by Crippen LogP contribution is 2.24. The van der Waals surface area contributed by atoms with Crippen LogP contribution in [-0.2, 0) is 13.1 Å². The molecular weight excluding hydrogens is 382 g/mol. The third kappa shape index (κ3) is 3.42. The number of thiophene rings is 2. The third-order valence-electron chi connectivity index (χ3n) is 4.04. The van der Waals surface area contributed by atoms with Crippen molar-refractivity contribution < 1.29 is 4.79 Å². The number of thioether (sulfide) groups is 1. The highest BCUT2D eigenvalue weighted by molar-refractivity contribution is 7.98. The van der Waals surface area contributed by atoms with E-state index in [9.17, 15) is 4.79 Å². The minimum Gasteiger partial charge on any atom is -0.327 e. The molecule has 0 N–H and O–H groups in total. The summed E-state index contributed by atoms with van der Waals surface area (Å²) in [6, 6.07) is 14.0. The normalized spacial score (nSPS) is 11.1. The fourth-order valence-corrected chi connectivity index (χ4v) is 4.82. The fourth-order valence-electron chi connectivity index (χ4n) is 2.84. The van der Waals surface area contributed by atoms with Crippen LogP contribution in [0, 0.1) is 0 Å². The van der Waals surface area contributed by atoms with E-state index in [4.69, 9.17) is 0 Å². The minimum absolute atomic E-state index is 0.0317. The first-order valence-electron chi connectivity index (χ1n) is 8.11. The van der Waals surface area contributed by atoms with Gasteiger partial charge in [-0.2, -0.15) is 0 Å². The van der Waals surface area contributed by atoms with Gasteiger partial charge in [0, 0.05) is 16.0 Å². The summed E-state index contributed by atoms with van der Waals surface area (Å²) in [6.07, 6.45) is 3.93. The predicted octanol–water partition coefficient (Wildman–Crippen LogP) is 5.02. The van der Waals surface area contributed by atoms with Gasteiger partial charge in [0.2, 0.25) is 0 Å². The highest BCUT2D eigenvalue weighted by atomic mass is 32.2. The van der Waals surface area contributed by atoms with E-state index in [1.807, 2.05) is 62.8 Å². The average molecular weight is 400 g/mol. The number of fused-ring (bicyclic) bond motifs is 1. The van der Waals surface area contributed by atoms with Gasteiger partial charge in [0.15, 0.2) is 10.9 Å². The van der Waals surface area contributed by atoms with E-state index in [0.717, 1.165) is 10.7 Å². The summed E-state index contributed by atoms with van der Waals surface area (Å²) in [7, 11) is 0. The van der Waals surface area contributed by atoms with Gasteiger partial charge >= 0.3 is 0 Å². The van der Waals surface area contributed by atoms with Crippen molar-refractivity contribution in [3.05, 3.63) is 74.9 Å². The van der Waals surface area contributed by atoms with Crippen LogP contribution in [0.2, 0.25) is 0 Å². The average Bonchev–Trinajstić information content (AvgIpc) is 3.41. The SMILES string of the molecule is CSc1nc(C(=O)N(Cc2cccs2)Cc2cccs2)c2ccccn12. The molecule has 0 aromatic carbocycles. The summed E-state index contributed by atoms with van der Waals surface area (Å²) in [5, 5.41) is 4.92. The molecular formula is C19H17N3OS3. The number of hydrogen-bond acceptors (Lipinski definition) is 5. The maximum Gasteiger partial charge on any atom is 0.275 e. The molecule has 4 rings (SSSR count). The molecule has 1 amide bonds. The van der Waals surface area contributed by atoms with Crippen LogP contribution in [-0.4, -0.2) is 26.4 Å². The number of nitrogens with zero attached hydrogens (tertiary/aromatic N) is 3. The van der Waals surface area contributed by atoms with E-state index < -0.39 is 0 Å². The minimum atomic E-state index is -0.0317. The number of amides is 1. The number of aromatic nitrogens is 2. The molecule has 0 aliphatic carbocycles. The Morgan fingerprint density at radius 2 is 1.77 bits per heavy atom. The molecule has 4 aromatic rings. The predicted molar refractivity (Wildman–Crippen MR) is 109 cm³/mol. The van der Waals surface area contributed by atoms with Crippen molar-refractivity contribution in [2.75, 3.05) is 6.26 Å². The Kier molecular flexibility index (Phi) is 5.10. The van der Waals surface area contributed by atoms with Gasteiger partial charge in [-0.25, -0.2) is 4.98 Å². The molecule has 4 aromatic heterocycles. The van der Waals surface area contributed by atoms with Crippen LogP contribution in [0.3, 0.4) is 0 Å². The Morgan fingerprint density at radius 3 is 2.35 bits per heavy atom. The molecule has 0 aliphatic heterocycles. The summed E-state index contributed by atoms with van der Waals surface area (Å²) in [4.78, 5) is 22.2. The first-order chi connectivity index (χ1) is 12.8. The second kappa shape index (κ2) is 7.65. The van der Waals surface area contributed by atoms with Crippen LogP contribution in [0.15, 0.2) is 64.6 Å². The van der Waals surface area contributed by atoms with Crippen molar-refractivity contribution in [3.63, 3.8) is 0 Å². The van der Waals surface area contributed by atoms with Crippen molar-refractivity contribution in [2.24, 2.45) is 0 Å². The molecule has 0 bridgehead atoms. The second-order valence-corrected chi connectivity index (χ2v) is 8.56. The Morgan fingerprint density at radius 1 is 1.08 bits per heavy atom. The maximum absolute atomic E-state index is 13.4. The number of carbonyl (C=O) groups is 1. The molecule has 0 aliphatic rings. The molecule has 0 unspecified atom stereocenters. The summed E-state index contributed by atoms with van der Waals surface area (Å²) in [6.45, 7) is 1.18. The summed E-state index contributed by atoms with van der Waals surface area (Å²) in [5.74, 6) is -0.0317. The Bertz CT molecular complexity index is 970. The monoisotopic (exact) mass is 399 g/mol. The quantitative estimate of drug-likeness (QED) is 0.427. The van der Waals surface area contributed by atoms with Gasteiger partial charge in [-0.05, 0) is 41.3 Å². The first-order valence-corrected chi connectivity index (χ1v) is 11.1. The van der Waals surface area contributed by atoms with Crippen molar-refractivity contribution in [1.82, 2.24) is 14.3 Å². The molecule has 4 heterocycles. The van der Waals surface area contributed by atoms with Gasteiger partial charge in [0.1, 0.15) is 0 Å². The lowest BCUT2D eigenvalue weighted by molar-refractivity contribution is 0.0730. The molecule has 0 fully saturated rings. The van der Waals surface area contributed by atoms with Crippen LogP contribution in [0.4, 0.5) is 0 Å². The van der Waals surface area contributed by atoms with Crippen LogP contribution < -0.4 is 0 Å². The Hall–Kier alpha value is -2.09. The van der Waals surface area contributed by atoms with Crippen LogP contribution in [0.1, 0.15) is 20.2 Å². The number of carbonyl (C=O) groups excluding carboxylic acids is 1. The van der Waals surface area contributed by atoms with E-state index >= 15 is 0 Å². The number of pyridine rings is 1. The van der Waals surface area contributed by atoms with Crippen LogP contribution in [0.25, 0.3) is 5.52 Å². The van der Waals surface area contributed by atoms with E-state index in [1.54, 1.807) is 34.4 Å². The van der Waals surface area contributed by atoms with Gasteiger partial charge in [-0.3, -0.25) is 9.20 Å². The molecule has 26 heavy (non-hydrogen) atoms. The zero-order valence-corrected chi connectivity index (χ0v) is 16.6. The van der Waals surface area contributed by atoms with Crippen LogP contribution >= 0.6 is 34.4 Å². The van der Waals surface area contributed by atoms with E-state index in [2.05, 4.69) is 17.1 Å². The summed E-state index contributed by atoms with van der Waals surface area (Å²) >= 11 is 4.88. The molecule has 4 nitrogen and oxygen atoms in total. The first kappa shape index (κ1) is 17.3. The molecule has 0 saturated heterocycles. The van der Waals surface area contributed by atoms with Gasteiger partial charge in [-0.1, -0.05) is 30.0 Å². The zero-order chi connectivity index (χ0) is 17.9.